The molecule has 0 aliphatic heterocycles. The van der Waals surface area contributed by atoms with Crippen LogP contribution in [0.3, 0.4) is 0 Å². The molecule has 0 aliphatic rings. The van der Waals surface area contributed by atoms with E-state index in [1.54, 1.807) is 0 Å². The van der Waals surface area contributed by atoms with Gasteiger partial charge in [0, 0.05) is 12.2 Å². The van der Waals surface area contributed by atoms with Crippen molar-refractivity contribution in [2.45, 2.75) is 0 Å². The van der Waals surface area contributed by atoms with Gasteiger partial charge in [-0.15, -0.1) is 0 Å². The van der Waals surface area contributed by atoms with Crippen LogP contribution in [0.15, 0.2) is 12.2 Å². The number of aliphatic carboxylic acids is 1. The number of carbonyl (C=O) groups is 3. The third kappa shape index (κ3) is 6.27. The summed E-state index contributed by atoms with van der Waals surface area (Å²) in [5, 5.41) is 8.05. The van der Waals surface area contributed by atoms with Crippen LogP contribution in [-0.4, -0.2) is 29.6 Å². The Balaban J connectivity index is 3.75. The molecule has 0 saturated carbocycles. The predicted octanol–water partition coefficient (Wildman–Crippen LogP) is -1.34. The van der Waals surface area contributed by atoms with Crippen molar-refractivity contribution >= 4 is 17.8 Å². The highest BCUT2D eigenvalue weighted by atomic mass is 16.5. The molecule has 0 aromatic carbocycles. The molecule has 3 N–H and O–H groups in total. The Bertz CT molecular complexity index is 232. The first-order chi connectivity index (χ1) is 5.52. The van der Waals surface area contributed by atoms with Crippen molar-refractivity contribution in [3.05, 3.63) is 12.2 Å². The van der Waals surface area contributed by atoms with Crippen LogP contribution in [0.1, 0.15) is 0 Å². The van der Waals surface area contributed by atoms with Gasteiger partial charge in [0.25, 0.3) is 5.91 Å². The van der Waals surface area contributed by atoms with Gasteiger partial charge in [-0.3, -0.25) is 4.79 Å². The van der Waals surface area contributed by atoms with Gasteiger partial charge < -0.3 is 15.6 Å². The number of carboxylic acids is 1. The van der Waals surface area contributed by atoms with Crippen molar-refractivity contribution in [3.63, 3.8) is 0 Å². The van der Waals surface area contributed by atoms with E-state index in [1.165, 1.54) is 0 Å². The van der Waals surface area contributed by atoms with E-state index in [0.717, 1.165) is 0 Å². The van der Waals surface area contributed by atoms with Crippen LogP contribution in [0.5, 0.6) is 0 Å². The first-order valence-electron chi connectivity index (χ1n) is 2.88. The Hall–Kier alpha value is -1.85. The van der Waals surface area contributed by atoms with Gasteiger partial charge in [-0.1, -0.05) is 0 Å². The highest BCUT2D eigenvalue weighted by Gasteiger charge is 2.00. The third-order valence-corrected chi connectivity index (χ3v) is 0.719. The monoisotopic (exact) mass is 173 g/mol. The van der Waals surface area contributed by atoms with Gasteiger partial charge in [-0.2, -0.15) is 0 Å². The van der Waals surface area contributed by atoms with Crippen LogP contribution in [0.2, 0.25) is 0 Å². The molecule has 0 spiro atoms. The normalized spacial score (nSPS) is 9.67. The van der Waals surface area contributed by atoms with Crippen molar-refractivity contribution < 1.29 is 24.2 Å². The third-order valence-electron chi connectivity index (χ3n) is 0.719. The number of esters is 1. The standard InChI is InChI=1S/C6H7NO5/c7-4(8)3-12-6(11)2-1-5(9)10/h1-2H,3H2,(H2,7,8)(H,9,10)/b2-1+. The number of ether oxygens (including phenoxy) is 1. The van der Waals surface area contributed by atoms with Gasteiger partial charge >= 0.3 is 11.9 Å². The SMILES string of the molecule is NC(=O)COC(=O)/C=C/C(=O)O. The van der Waals surface area contributed by atoms with Crippen molar-refractivity contribution in [1.29, 1.82) is 0 Å². The van der Waals surface area contributed by atoms with Crippen LogP contribution in [0.25, 0.3) is 0 Å². The molecule has 0 rings (SSSR count). The quantitative estimate of drug-likeness (QED) is 0.404. The number of hydrogen-bond donors (Lipinski definition) is 2. The number of amides is 1. The molecule has 12 heavy (non-hydrogen) atoms. The van der Waals surface area contributed by atoms with Crippen molar-refractivity contribution in [1.82, 2.24) is 0 Å². The molecular weight excluding hydrogens is 166 g/mol. The molecule has 0 aliphatic carbocycles. The Morgan fingerprint density at radius 3 is 2.33 bits per heavy atom. The molecule has 1 amide bonds. The van der Waals surface area contributed by atoms with Gasteiger partial charge in [0.15, 0.2) is 6.61 Å². The van der Waals surface area contributed by atoms with E-state index < -0.39 is 24.5 Å². The summed E-state index contributed by atoms with van der Waals surface area (Å²) in [5.41, 5.74) is 4.64. The second-order valence-corrected chi connectivity index (χ2v) is 1.75. The Morgan fingerprint density at radius 2 is 1.92 bits per heavy atom. The summed E-state index contributed by atoms with van der Waals surface area (Å²) < 4.78 is 4.19. The highest BCUT2D eigenvalue weighted by Crippen LogP contribution is 1.80. The lowest BCUT2D eigenvalue weighted by Gasteiger charge is -1.95. The summed E-state index contributed by atoms with van der Waals surface area (Å²) in [6, 6.07) is 0. The van der Waals surface area contributed by atoms with Gasteiger partial charge in [0.05, 0.1) is 0 Å². The molecule has 0 fully saturated rings. The lowest BCUT2D eigenvalue weighted by molar-refractivity contribution is -0.143. The van der Waals surface area contributed by atoms with Crippen LogP contribution in [-0.2, 0) is 19.1 Å². The molecule has 6 nitrogen and oxygen atoms in total. The molecule has 0 aromatic heterocycles. The fourth-order valence-electron chi connectivity index (χ4n) is 0.330. The minimum Gasteiger partial charge on any atom is -0.478 e. The fraction of sp³-hybridized carbons (Fsp3) is 0.167. The first kappa shape index (κ1) is 10.2. The summed E-state index contributed by atoms with van der Waals surface area (Å²) in [7, 11) is 0. The zero-order valence-corrected chi connectivity index (χ0v) is 6.02. The molecule has 6 heteroatoms. The van der Waals surface area contributed by atoms with Crippen LogP contribution in [0.4, 0.5) is 0 Å². The smallest absolute Gasteiger partial charge is 0.331 e. The minimum atomic E-state index is -1.27. The average Bonchev–Trinajstić information content (AvgIpc) is 1.96. The van der Waals surface area contributed by atoms with Gasteiger partial charge in [-0.25, -0.2) is 9.59 Å². The van der Waals surface area contributed by atoms with Crippen molar-refractivity contribution in [2.24, 2.45) is 5.73 Å². The van der Waals surface area contributed by atoms with Crippen molar-refractivity contribution in [2.75, 3.05) is 6.61 Å². The summed E-state index contributed by atoms with van der Waals surface area (Å²) in [4.78, 5) is 30.4. The van der Waals surface area contributed by atoms with Gasteiger partial charge in [0.1, 0.15) is 0 Å². The number of carbonyl (C=O) groups excluding carboxylic acids is 2. The maximum Gasteiger partial charge on any atom is 0.331 e. The molecular formula is C6H7NO5. The minimum absolute atomic E-state index is 0.553. The van der Waals surface area contributed by atoms with E-state index in [9.17, 15) is 14.4 Å². The molecule has 0 saturated heterocycles. The summed E-state index contributed by atoms with van der Waals surface area (Å²) in [6.07, 6.45) is 1.29. The van der Waals surface area contributed by atoms with Crippen LogP contribution < -0.4 is 5.73 Å². The Labute approximate surface area is 67.6 Å². The van der Waals surface area contributed by atoms with Crippen LogP contribution in [0, 0.1) is 0 Å². The maximum absolute atomic E-state index is 10.5. The second-order valence-electron chi connectivity index (χ2n) is 1.75. The lowest BCUT2D eigenvalue weighted by atomic mass is 10.5. The number of nitrogens with two attached hydrogens (primary N) is 1. The fourth-order valence-corrected chi connectivity index (χ4v) is 0.330. The van der Waals surface area contributed by atoms with Crippen molar-refractivity contribution in [3.8, 4) is 0 Å². The number of hydrogen-bond acceptors (Lipinski definition) is 4. The average molecular weight is 173 g/mol. The zero-order valence-electron chi connectivity index (χ0n) is 6.02. The van der Waals surface area contributed by atoms with E-state index in [0.29, 0.717) is 12.2 Å². The van der Waals surface area contributed by atoms with E-state index in [1.807, 2.05) is 0 Å². The van der Waals surface area contributed by atoms with E-state index in [2.05, 4.69) is 10.5 Å². The van der Waals surface area contributed by atoms with E-state index >= 15 is 0 Å². The topological polar surface area (TPSA) is 107 Å². The molecule has 0 atom stereocenters. The highest BCUT2D eigenvalue weighted by molar-refractivity contribution is 5.91. The van der Waals surface area contributed by atoms with E-state index in [4.69, 9.17) is 5.11 Å². The lowest BCUT2D eigenvalue weighted by Crippen LogP contribution is -2.20. The molecule has 66 valence electrons. The predicted molar refractivity (Wildman–Crippen MR) is 36.9 cm³/mol. The maximum atomic E-state index is 10.5. The summed E-state index contributed by atoms with van der Waals surface area (Å²) in [5.74, 6) is -2.99. The van der Waals surface area contributed by atoms with E-state index in [-0.39, 0.29) is 0 Å². The number of carboxylic acid groups (broad SMARTS) is 1. The molecule has 0 bridgehead atoms. The molecule has 0 unspecified atom stereocenters. The molecule has 0 radical (unpaired) electrons. The largest absolute Gasteiger partial charge is 0.478 e. The number of primary amides is 1. The first-order valence-corrected chi connectivity index (χ1v) is 2.88. The Morgan fingerprint density at radius 1 is 1.33 bits per heavy atom. The zero-order chi connectivity index (χ0) is 9.56. The summed E-state index contributed by atoms with van der Waals surface area (Å²) >= 11 is 0. The van der Waals surface area contributed by atoms with Gasteiger partial charge in [0.2, 0.25) is 0 Å². The summed E-state index contributed by atoms with van der Waals surface area (Å²) in [6.45, 7) is -0.553. The molecule has 0 heterocycles. The van der Waals surface area contributed by atoms with Gasteiger partial charge in [-0.05, 0) is 0 Å². The molecule has 0 aromatic rings. The van der Waals surface area contributed by atoms with Crippen LogP contribution >= 0.6 is 0 Å². The Kier molecular flexibility index (Phi) is 4.13. The number of rotatable bonds is 4. The second kappa shape index (κ2) is 4.89.